The van der Waals surface area contributed by atoms with E-state index in [-0.39, 0.29) is 35.2 Å². The van der Waals surface area contributed by atoms with Crippen LogP contribution in [0.2, 0.25) is 0 Å². The van der Waals surface area contributed by atoms with Crippen LogP contribution in [-0.4, -0.2) is 60.0 Å². The second-order valence-electron chi connectivity index (χ2n) is 12.3. The van der Waals surface area contributed by atoms with Gasteiger partial charge in [0.25, 0.3) is 10.1 Å². The van der Waals surface area contributed by atoms with E-state index in [1.807, 2.05) is 39.8 Å². The van der Waals surface area contributed by atoms with Crippen LogP contribution in [0.5, 0.6) is 0 Å². The standard InChI is InChI=1S/C30H53NO5S/c1-6-7-8-9-10-11-12-13-14-15-16-25-17-19-28(20-18-25)37(34,35)36-24-27(33)23-31-29(2,3)21-26(32)22-30(31,4)5/h17-20,26-27,32-33H,6-16,21-24H2,1-5H3. The zero-order valence-electron chi connectivity index (χ0n) is 24.0. The van der Waals surface area contributed by atoms with Gasteiger partial charge in [0.15, 0.2) is 0 Å². The first-order valence-corrected chi connectivity index (χ1v) is 15.9. The molecule has 6 nitrogen and oxygen atoms in total. The number of likely N-dealkylation sites (tertiary alicyclic amines) is 1. The number of benzene rings is 1. The van der Waals surface area contributed by atoms with Gasteiger partial charge in [0, 0.05) is 17.6 Å². The van der Waals surface area contributed by atoms with E-state index < -0.39 is 16.2 Å². The number of nitrogens with zero attached hydrogens (tertiary/aromatic N) is 1. The number of aliphatic hydroxyl groups is 2. The van der Waals surface area contributed by atoms with Gasteiger partial charge in [-0.3, -0.25) is 9.08 Å². The van der Waals surface area contributed by atoms with E-state index in [4.69, 9.17) is 4.18 Å². The Morgan fingerprint density at radius 1 is 0.892 bits per heavy atom. The highest BCUT2D eigenvalue weighted by Gasteiger charge is 2.45. The Morgan fingerprint density at radius 2 is 1.38 bits per heavy atom. The molecule has 1 fully saturated rings. The van der Waals surface area contributed by atoms with E-state index in [1.165, 1.54) is 57.8 Å². The number of hydrogen-bond donors (Lipinski definition) is 2. The van der Waals surface area contributed by atoms with Crippen molar-refractivity contribution in [3.63, 3.8) is 0 Å². The summed E-state index contributed by atoms with van der Waals surface area (Å²) in [5.41, 5.74) is 0.506. The monoisotopic (exact) mass is 539 g/mol. The molecule has 1 saturated heterocycles. The van der Waals surface area contributed by atoms with Crippen molar-refractivity contribution in [1.29, 1.82) is 0 Å². The number of rotatable bonds is 17. The van der Waals surface area contributed by atoms with Crippen LogP contribution in [0.1, 0.15) is 117 Å². The molecule has 214 valence electrons. The van der Waals surface area contributed by atoms with Crippen LogP contribution in [0.4, 0.5) is 0 Å². The van der Waals surface area contributed by atoms with Gasteiger partial charge >= 0.3 is 0 Å². The number of hydrogen-bond acceptors (Lipinski definition) is 6. The average Bonchev–Trinajstić information content (AvgIpc) is 2.81. The Morgan fingerprint density at radius 3 is 1.89 bits per heavy atom. The molecule has 1 aliphatic rings. The van der Waals surface area contributed by atoms with Crippen LogP contribution in [0, 0.1) is 0 Å². The minimum atomic E-state index is -3.94. The van der Waals surface area contributed by atoms with Crippen molar-refractivity contribution >= 4 is 10.1 Å². The zero-order valence-corrected chi connectivity index (χ0v) is 24.9. The van der Waals surface area contributed by atoms with Crippen molar-refractivity contribution in [1.82, 2.24) is 4.90 Å². The van der Waals surface area contributed by atoms with Crippen molar-refractivity contribution in [3.8, 4) is 0 Å². The lowest BCUT2D eigenvalue weighted by Crippen LogP contribution is -2.63. The van der Waals surface area contributed by atoms with Crippen molar-refractivity contribution in [3.05, 3.63) is 29.8 Å². The lowest BCUT2D eigenvalue weighted by molar-refractivity contribution is -0.0998. The largest absolute Gasteiger partial charge is 0.393 e. The molecule has 1 aromatic rings. The minimum Gasteiger partial charge on any atom is -0.393 e. The molecule has 1 aliphatic heterocycles. The molecule has 2 rings (SSSR count). The first-order valence-electron chi connectivity index (χ1n) is 14.5. The summed E-state index contributed by atoms with van der Waals surface area (Å²) in [5, 5.41) is 20.8. The maximum atomic E-state index is 12.7. The topological polar surface area (TPSA) is 87.1 Å². The molecule has 0 aromatic heterocycles. The highest BCUT2D eigenvalue weighted by molar-refractivity contribution is 7.86. The zero-order chi connectivity index (χ0) is 27.5. The smallest absolute Gasteiger partial charge is 0.297 e. The second-order valence-corrected chi connectivity index (χ2v) is 13.9. The summed E-state index contributed by atoms with van der Waals surface area (Å²) >= 11 is 0. The summed E-state index contributed by atoms with van der Waals surface area (Å²) in [4.78, 5) is 2.27. The van der Waals surface area contributed by atoms with Crippen LogP contribution in [0.15, 0.2) is 29.2 Å². The first-order chi connectivity index (χ1) is 17.4. The van der Waals surface area contributed by atoms with Gasteiger partial charge in [0.05, 0.1) is 23.7 Å². The molecule has 0 bridgehead atoms. The maximum absolute atomic E-state index is 12.7. The summed E-state index contributed by atoms with van der Waals surface area (Å²) in [6.07, 6.45) is 13.8. The Kier molecular flexibility index (Phi) is 13.0. The van der Waals surface area contributed by atoms with E-state index in [1.54, 1.807) is 12.1 Å². The van der Waals surface area contributed by atoms with E-state index in [9.17, 15) is 18.6 Å². The summed E-state index contributed by atoms with van der Waals surface area (Å²) < 4.78 is 30.6. The summed E-state index contributed by atoms with van der Waals surface area (Å²) in [5.74, 6) is 0. The van der Waals surface area contributed by atoms with Gasteiger partial charge in [-0.2, -0.15) is 8.42 Å². The van der Waals surface area contributed by atoms with E-state index >= 15 is 0 Å². The van der Waals surface area contributed by atoms with E-state index in [0.29, 0.717) is 12.8 Å². The fraction of sp³-hybridized carbons (Fsp3) is 0.800. The van der Waals surface area contributed by atoms with Gasteiger partial charge in [-0.25, -0.2) is 0 Å². The Balaban J connectivity index is 1.73. The fourth-order valence-corrected chi connectivity index (χ4v) is 6.84. The van der Waals surface area contributed by atoms with Crippen LogP contribution < -0.4 is 0 Å². The first kappa shape index (κ1) is 32.2. The molecule has 37 heavy (non-hydrogen) atoms. The molecule has 0 radical (unpaired) electrons. The van der Waals surface area contributed by atoms with Crippen LogP contribution in [-0.2, 0) is 20.7 Å². The van der Waals surface area contributed by atoms with Crippen molar-refractivity contribution in [2.45, 2.75) is 146 Å². The summed E-state index contributed by atoms with van der Waals surface area (Å²) in [6, 6.07) is 6.94. The molecular formula is C30H53NO5S. The SMILES string of the molecule is CCCCCCCCCCCCc1ccc(S(=O)(=O)OCC(O)CN2C(C)(C)CC(O)CC2(C)C)cc1. The Labute approximate surface area is 226 Å². The average molecular weight is 540 g/mol. The number of piperidine rings is 1. The molecule has 0 amide bonds. The van der Waals surface area contributed by atoms with Crippen LogP contribution >= 0.6 is 0 Å². The van der Waals surface area contributed by atoms with Crippen molar-refractivity contribution < 1.29 is 22.8 Å². The summed E-state index contributed by atoms with van der Waals surface area (Å²) in [6.45, 7) is 10.4. The summed E-state index contributed by atoms with van der Waals surface area (Å²) in [7, 11) is -3.94. The molecule has 0 saturated carbocycles. The predicted octanol–water partition coefficient (Wildman–Crippen LogP) is 6.23. The van der Waals surface area contributed by atoms with Gasteiger partial charge in [0.1, 0.15) is 0 Å². The molecule has 0 aliphatic carbocycles. The number of aliphatic hydroxyl groups excluding tert-OH is 2. The molecule has 7 heteroatoms. The van der Waals surface area contributed by atoms with Gasteiger partial charge in [0.2, 0.25) is 0 Å². The third-order valence-electron chi connectivity index (χ3n) is 7.77. The number of aryl methyl sites for hydroxylation is 1. The van der Waals surface area contributed by atoms with E-state index in [0.717, 1.165) is 18.4 Å². The van der Waals surface area contributed by atoms with Crippen molar-refractivity contribution in [2.24, 2.45) is 0 Å². The van der Waals surface area contributed by atoms with Crippen LogP contribution in [0.25, 0.3) is 0 Å². The Bertz CT molecular complexity index is 864. The molecule has 1 atom stereocenters. The molecule has 1 aromatic carbocycles. The highest BCUT2D eigenvalue weighted by atomic mass is 32.2. The molecule has 2 N–H and O–H groups in total. The van der Waals surface area contributed by atoms with E-state index in [2.05, 4.69) is 11.8 Å². The van der Waals surface area contributed by atoms with Gasteiger partial charge in [-0.15, -0.1) is 0 Å². The molecular weight excluding hydrogens is 486 g/mol. The third-order valence-corrected chi connectivity index (χ3v) is 9.07. The van der Waals surface area contributed by atoms with Gasteiger partial charge < -0.3 is 10.2 Å². The maximum Gasteiger partial charge on any atom is 0.297 e. The number of β-amino-alcohol motifs (C(OH)–C–C–N with tert-alkyl or cyclic N) is 1. The highest BCUT2D eigenvalue weighted by Crippen LogP contribution is 2.38. The van der Waals surface area contributed by atoms with Crippen molar-refractivity contribution in [2.75, 3.05) is 13.2 Å². The second kappa shape index (κ2) is 15.0. The van der Waals surface area contributed by atoms with Gasteiger partial charge in [-0.05, 0) is 71.1 Å². The lowest BCUT2D eigenvalue weighted by atomic mass is 9.78. The number of unbranched alkanes of at least 4 members (excludes halogenated alkanes) is 9. The lowest BCUT2D eigenvalue weighted by Gasteiger charge is -2.54. The molecule has 1 heterocycles. The molecule has 0 spiro atoms. The fourth-order valence-electron chi connectivity index (χ4n) is 5.90. The molecule has 1 unspecified atom stereocenters. The predicted molar refractivity (Wildman–Crippen MR) is 151 cm³/mol. The Hall–Kier alpha value is -0.990. The minimum absolute atomic E-state index is 0.119. The quantitative estimate of drug-likeness (QED) is 0.180. The normalized spacial score (nSPS) is 19.2. The van der Waals surface area contributed by atoms with Crippen LogP contribution in [0.3, 0.4) is 0 Å². The third kappa shape index (κ3) is 11.0. The van der Waals surface area contributed by atoms with Gasteiger partial charge in [-0.1, -0.05) is 76.8 Å².